The van der Waals surface area contributed by atoms with E-state index in [0.717, 1.165) is 43.9 Å². The fraction of sp³-hybridized carbons (Fsp3) is 0.240. The first-order valence-corrected chi connectivity index (χ1v) is 10.4. The molecule has 1 aliphatic heterocycles. The van der Waals surface area contributed by atoms with E-state index in [-0.39, 0.29) is 24.1 Å². The van der Waals surface area contributed by atoms with E-state index < -0.39 is 0 Å². The number of hydrogen-bond acceptors (Lipinski definition) is 3. The fourth-order valence-corrected chi connectivity index (χ4v) is 3.86. The molecule has 3 aromatic rings. The van der Waals surface area contributed by atoms with Crippen LogP contribution in [0.4, 0.5) is 14.5 Å². The monoisotopic (exact) mass is 421 g/mol. The number of benzene rings is 3. The minimum absolute atomic E-state index is 0.185. The number of carbonyl (C=O) groups excluding carboxylic acids is 1. The Bertz CT molecular complexity index is 1050. The summed E-state index contributed by atoms with van der Waals surface area (Å²) in [5.41, 5.74) is 3.01. The Kier molecular flexibility index (Phi) is 6.57. The van der Waals surface area contributed by atoms with Crippen LogP contribution in [0.2, 0.25) is 0 Å². The summed E-state index contributed by atoms with van der Waals surface area (Å²) >= 11 is 0. The molecule has 31 heavy (non-hydrogen) atoms. The van der Waals surface area contributed by atoms with Crippen molar-refractivity contribution in [2.75, 3.05) is 31.1 Å². The number of hydrogen-bond donors (Lipinski definition) is 1. The van der Waals surface area contributed by atoms with Crippen molar-refractivity contribution in [3.05, 3.63) is 101 Å². The fourth-order valence-electron chi connectivity index (χ4n) is 3.86. The van der Waals surface area contributed by atoms with Gasteiger partial charge in [-0.2, -0.15) is 0 Å². The van der Waals surface area contributed by atoms with Gasteiger partial charge in [-0.3, -0.25) is 9.69 Å². The summed E-state index contributed by atoms with van der Waals surface area (Å²) in [6, 6.07) is 20.6. The van der Waals surface area contributed by atoms with E-state index in [1.165, 1.54) is 18.2 Å². The lowest BCUT2D eigenvalue weighted by molar-refractivity contribution is 0.0950. The molecule has 6 heteroatoms. The predicted octanol–water partition coefficient (Wildman–Crippen LogP) is 4.22. The first-order chi connectivity index (χ1) is 15.1. The van der Waals surface area contributed by atoms with Gasteiger partial charge in [0.25, 0.3) is 5.91 Å². The van der Waals surface area contributed by atoms with Crippen LogP contribution in [0.25, 0.3) is 0 Å². The van der Waals surface area contributed by atoms with E-state index in [2.05, 4.69) is 15.1 Å². The van der Waals surface area contributed by atoms with Crippen LogP contribution in [-0.4, -0.2) is 37.0 Å². The summed E-state index contributed by atoms with van der Waals surface area (Å²) in [5.74, 6) is -0.688. The smallest absolute Gasteiger partial charge is 0.251 e. The molecule has 3 aromatic carbocycles. The Morgan fingerprint density at radius 2 is 1.58 bits per heavy atom. The normalized spacial score (nSPS) is 14.5. The second-order valence-electron chi connectivity index (χ2n) is 7.73. The number of piperazine rings is 1. The molecule has 1 fully saturated rings. The van der Waals surface area contributed by atoms with E-state index in [4.69, 9.17) is 0 Å². The summed E-state index contributed by atoms with van der Waals surface area (Å²) in [7, 11) is 0. The lowest BCUT2D eigenvalue weighted by atomic mass is 10.1. The van der Waals surface area contributed by atoms with Gasteiger partial charge in [0.05, 0.1) is 5.69 Å². The Labute approximate surface area is 181 Å². The third-order valence-electron chi connectivity index (χ3n) is 5.50. The number of carbonyl (C=O) groups is 1. The Morgan fingerprint density at radius 3 is 2.35 bits per heavy atom. The standard InChI is InChI=1S/C25H25F2N3O/c26-22-8-4-5-19(16-22)17-28-25(31)21-7-3-6-20(15-21)18-29-11-13-30(14-12-29)24-10-2-1-9-23(24)27/h1-10,15-16H,11-14,17-18H2,(H,28,31). The highest BCUT2D eigenvalue weighted by molar-refractivity contribution is 5.94. The maximum absolute atomic E-state index is 14.0. The van der Waals surface area contributed by atoms with Gasteiger partial charge in [-0.15, -0.1) is 0 Å². The number of nitrogens with one attached hydrogen (secondary N) is 1. The van der Waals surface area contributed by atoms with Crippen LogP contribution in [0, 0.1) is 11.6 Å². The predicted molar refractivity (Wildman–Crippen MR) is 118 cm³/mol. The van der Waals surface area contributed by atoms with Crippen LogP contribution in [0.3, 0.4) is 0 Å². The molecule has 4 nitrogen and oxygen atoms in total. The minimum Gasteiger partial charge on any atom is -0.367 e. The topological polar surface area (TPSA) is 35.6 Å². The van der Waals surface area contributed by atoms with E-state index >= 15 is 0 Å². The van der Waals surface area contributed by atoms with Gasteiger partial charge in [0, 0.05) is 44.8 Å². The molecule has 0 aromatic heterocycles. The van der Waals surface area contributed by atoms with Crippen molar-refractivity contribution in [1.82, 2.24) is 10.2 Å². The molecule has 0 bridgehead atoms. The van der Waals surface area contributed by atoms with E-state index in [9.17, 15) is 13.6 Å². The van der Waals surface area contributed by atoms with E-state index in [1.54, 1.807) is 24.3 Å². The molecule has 1 amide bonds. The zero-order valence-electron chi connectivity index (χ0n) is 17.2. The molecular formula is C25H25F2N3O. The molecule has 0 radical (unpaired) electrons. The third kappa shape index (κ3) is 5.47. The Balaban J connectivity index is 1.31. The first kappa shape index (κ1) is 21.0. The first-order valence-electron chi connectivity index (χ1n) is 10.4. The van der Waals surface area contributed by atoms with Crippen molar-refractivity contribution in [2.45, 2.75) is 13.1 Å². The highest BCUT2D eigenvalue weighted by Crippen LogP contribution is 2.21. The summed E-state index contributed by atoms with van der Waals surface area (Å²) in [4.78, 5) is 16.9. The van der Waals surface area contributed by atoms with Crippen molar-refractivity contribution >= 4 is 11.6 Å². The minimum atomic E-state index is -0.316. The molecule has 0 aliphatic carbocycles. The van der Waals surface area contributed by atoms with E-state index in [0.29, 0.717) is 11.3 Å². The lowest BCUT2D eigenvalue weighted by Gasteiger charge is -2.36. The van der Waals surface area contributed by atoms with Gasteiger partial charge >= 0.3 is 0 Å². The molecule has 0 unspecified atom stereocenters. The molecule has 0 spiro atoms. The average Bonchev–Trinajstić information content (AvgIpc) is 2.79. The molecule has 160 valence electrons. The number of anilines is 1. The van der Waals surface area contributed by atoms with Crippen molar-refractivity contribution in [1.29, 1.82) is 0 Å². The molecule has 1 aliphatic rings. The van der Waals surface area contributed by atoms with Crippen molar-refractivity contribution in [3.63, 3.8) is 0 Å². The second kappa shape index (κ2) is 9.71. The van der Waals surface area contributed by atoms with Gasteiger partial charge in [-0.05, 0) is 47.5 Å². The number of halogens is 2. The molecule has 1 heterocycles. The van der Waals surface area contributed by atoms with Crippen LogP contribution in [0.1, 0.15) is 21.5 Å². The van der Waals surface area contributed by atoms with Crippen molar-refractivity contribution in [2.24, 2.45) is 0 Å². The van der Waals surface area contributed by atoms with Crippen LogP contribution >= 0.6 is 0 Å². The number of amides is 1. The van der Waals surface area contributed by atoms with Crippen LogP contribution in [-0.2, 0) is 13.1 Å². The van der Waals surface area contributed by atoms with Crippen LogP contribution in [0.15, 0.2) is 72.8 Å². The van der Waals surface area contributed by atoms with Crippen LogP contribution in [0.5, 0.6) is 0 Å². The summed E-state index contributed by atoms with van der Waals surface area (Å²) in [5, 5.41) is 2.84. The summed E-state index contributed by atoms with van der Waals surface area (Å²) in [6.45, 7) is 4.17. The molecule has 0 atom stereocenters. The summed E-state index contributed by atoms with van der Waals surface area (Å²) < 4.78 is 27.3. The summed E-state index contributed by atoms with van der Waals surface area (Å²) in [6.07, 6.45) is 0. The highest BCUT2D eigenvalue weighted by atomic mass is 19.1. The maximum Gasteiger partial charge on any atom is 0.251 e. The number of nitrogens with zero attached hydrogens (tertiary/aromatic N) is 2. The Morgan fingerprint density at radius 1 is 0.839 bits per heavy atom. The zero-order chi connectivity index (χ0) is 21.6. The Hall–Kier alpha value is -3.25. The van der Waals surface area contributed by atoms with Crippen LogP contribution < -0.4 is 10.2 Å². The SMILES string of the molecule is O=C(NCc1cccc(F)c1)c1cccc(CN2CCN(c3ccccc3F)CC2)c1. The zero-order valence-corrected chi connectivity index (χ0v) is 17.2. The quantitative estimate of drug-likeness (QED) is 0.648. The van der Waals surface area contributed by atoms with Crippen molar-refractivity contribution in [3.8, 4) is 0 Å². The van der Waals surface area contributed by atoms with Gasteiger partial charge < -0.3 is 10.2 Å². The molecule has 0 saturated carbocycles. The van der Waals surface area contributed by atoms with Gasteiger partial charge in [-0.1, -0.05) is 36.4 Å². The average molecular weight is 421 g/mol. The maximum atomic E-state index is 14.0. The molecule has 4 rings (SSSR count). The second-order valence-corrected chi connectivity index (χ2v) is 7.73. The van der Waals surface area contributed by atoms with Gasteiger partial charge in [0.15, 0.2) is 0 Å². The molecule has 1 saturated heterocycles. The number of rotatable bonds is 6. The number of para-hydroxylation sites is 1. The van der Waals surface area contributed by atoms with E-state index in [1.807, 2.05) is 30.3 Å². The largest absolute Gasteiger partial charge is 0.367 e. The van der Waals surface area contributed by atoms with Gasteiger partial charge in [-0.25, -0.2) is 8.78 Å². The molecule has 1 N–H and O–H groups in total. The third-order valence-corrected chi connectivity index (χ3v) is 5.50. The molecular weight excluding hydrogens is 396 g/mol. The lowest BCUT2D eigenvalue weighted by Crippen LogP contribution is -2.46. The van der Waals surface area contributed by atoms with Gasteiger partial charge in [0.2, 0.25) is 0 Å². The van der Waals surface area contributed by atoms with Gasteiger partial charge in [0.1, 0.15) is 11.6 Å². The van der Waals surface area contributed by atoms with Crippen molar-refractivity contribution < 1.29 is 13.6 Å². The highest BCUT2D eigenvalue weighted by Gasteiger charge is 2.19.